The van der Waals surface area contributed by atoms with Gasteiger partial charge in [-0.05, 0) is 44.0 Å². The van der Waals surface area contributed by atoms with Crippen LogP contribution in [0.1, 0.15) is 19.8 Å². The number of piperidine rings is 1. The molecule has 0 radical (unpaired) electrons. The van der Waals surface area contributed by atoms with E-state index in [4.69, 9.17) is 5.73 Å². The van der Waals surface area contributed by atoms with Gasteiger partial charge in [0.2, 0.25) is 0 Å². The van der Waals surface area contributed by atoms with E-state index in [9.17, 15) is 4.39 Å². The number of nitrogen functional groups attached to an aromatic ring is 1. The first-order valence-electron chi connectivity index (χ1n) is 5.45. The van der Waals surface area contributed by atoms with Gasteiger partial charge >= 0.3 is 0 Å². The number of alkyl halides is 1. The monoisotopic (exact) mass is 208 g/mol. The van der Waals surface area contributed by atoms with Crippen LogP contribution in [0.4, 0.5) is 15.8 Å². The lowest BCUT2D eigenvalue weighted by Gasteiger charge is -2.37. The van der Waals surface area contributed by atoms with Gasteiger partial charge in [0.05, 0.1) is 6.04 Å². The molecule has 3 heteroatoms. The first-order valence-corrected chi connectivity index (χ1v) is 5.45. The van der Waals surface area contributed by atoms with Crippen molar-refractivity contribution in [3.05, 3.63) is 24.3 Å². The largest absolute Gasteiger partial charge is 0.399 e. The summed E-state index contributed by atoms with van der Waals surface area (Å²) in [6.07, 6.45) is 0.902. The van der Waals surface area contributed by atoms with Crippen LogP contribution in [0.3, 0.4) is 0 Å². The molecule has 1 saturated heterocycles. The maximum Gasteiger partial charge on any atom is 0.120 e. The number of nitrogens with two attached hydrogens (primary N) is 1. The molecule has 2 atom stereocenters. The van der Waals surface area contributed by atoms with E-state index in [-0.39, 0.29) is 6.04 Å². The molecule has 2 N–H and O–H groups in total. The van der Waals surface area contributed by atoms with Crippen LogP contribution < -0.4 is 10.6 Å². The lowest BCUT2D eigenvalue weighted by molar-refractivity contribution is 0.236. The highest BCUT2D eigenvalue weighted by Crippen LogP contribution is 2.26. The van der Waals surface area contributed by atoms with Crippen molar-refractivity contribution in [2.75, 3.05) is 17.2 Å². The highest BCUT2D eigenvalue weighted by Gasteiger charge is 2.27. The summed E-state index contributed by atoms with van der Waals surface area (Å²) in [6, 6.07) is 7.63. The first kappa shape index (κ1) is 10.3. The molecule has 1 fully saturated rings. The number of nitrogens with zero attached hydrogens (tertiary/aromatic N) is 1. The fraction of sp³-hybridized carbons (Fsp3) is 0.500. The highest BCUT2D eigenvalue weighted by molar-refractivity contribution is 5.54. The number of anilines is 2. The van der Waals surface area contributed by atoms with Crippen LogP contribution in [0.15, 0.2) is 24.3 Å². The van der Waals surface area contributed by atoms with Crippen LogP contribution in [0.25, 0.3) is 0 Å². The Morgan fingerprint density at radius 3 is 2.67 bits per heavy atom. The van der Waals surface area contributed by atoms with Gasteiger partial charge in [-0.1, -0.05) is 0 Å². The Bertz CT molecular complexity index is 323. The second kappa shape index (κ2) is 4.09. The number of hydrogen-bond donors (Lipinski definition) is 1. The molecule has 2 rings (SSSR count). The molecule has 1 aromatic rings. The van der Waals surface area contributed by atoms with E-state index in [1.54, 1.807) is 0 Å². The predicted octanol–water partition coefficient (Wildman–Crippen LogP) is 2.60. The van der Waals surface area contributed by atoms with E-state index in [0.717, 1.165) is 24.3 Å². The van der Waals surface area contributed by atoms with Gasteiger partial charge < -0.3 is 10.6 Å². The van der Waals surface area contributed by atoms with Crippen molar-refractivity contribution in [1.82, 2.24) is 0 Å². The van der Waals surface area contributed by atoms with Crippen molar-refractivity contribution in [3.8, 4) is 0 Å². The Balaban J connectivity index is 2.18. The highest BCUT2D eigenvalue weighted by atomic mass is 19.1. The molecule has 2 unspecified atom stereocenters. The minimum atomic E-state index is -0.712. The van der Waals surface area contributed by atoms with Crippen LogP contribution in [0.2, 0.25) is 0 Å². The molecule has 0 bridgehead atoms. The van der Waals surface area contributed by atoms with Gasteiger partial charge in [-0.3, -0.25) is 0 Å². The predicted molar refractivity (Wildman–Crippen MR) is 61.8 cm³/mol. The zero-order chi connectivity index (χ0) is 10.8. The molecule has 1 aliphatic rings. The molecule has 1 aliphatic heterocycles. The smallest absolute Gasteiger partial charge is 0.120 e. The minimum absolute atomic E-state index is 0.0256. The molecule has 2 nitrogen and oxygen atoms in total. The van der Waals surface area contributed by atoms with Gasteiger partial charge in [-0.2, -0.15) is 0 Å². The van der Waals surface area contributed by atoms with E-state index in [2.05, 4.69) is 4.90 Å². The molecule has 0 aliphatic carbocycles. The molecule has 0 spiro atoms. The summed E-state index contributed by atoms with van der Waals surface area (Å²) in [5.41, 5.74) is 7.44. The quantitative estimate of drug-likeness (QED) is 0.719. The lowest BCUT2D eigenvalue weighted by atomic mass is 10.0. The molecule has 0 amide bonds. The molecular formula is C12H17FN2. The molecule has 0 aromatic heterocycles. The SMILES string of the molecule is CC1C(F)CCCN1c1ccc(N)cc1. The minimum Gasteiger partial charge on any atom is -0.399 e. The lowest BCUT2D eigenvalue weighted by Crippen LogP contribution is -2.44. The number of hydrogen-bond acceptors (Lipinski definition) is 2. The fourth-order valence-corrected chi connectivity index (χ4v) is 2.13. The van der Waals surface area contributed by atoms with Crippen LogP contribution in [0, 0.1) is 0 Å². The van der Waals surface area contributed by atoms with Gasteiger partial charge in [-0.15, -0.1) is 0 Å². The molecule has 1 aromatic carbocycles. The first-order chi connectivity index (χ1) is 7.18. The van der Waals surface area contributed by atoms with Gasteiger partial charge in [0.1, 0.15) is 6.17 Å². The number of halogens is 1. The van der Waals surface area contributed by atoms with Crippen LogP contribution >= 0.6 is 0 Å². The zero-order valence-corrected chi connectivity index (χ0v) is 8.99. The van der Waals surface area contributed by atoms with Gasteiger partial charge in [0.15, 0.2) is 0 Å². The Kier molecular flexibility index (Phi) is 2.80. The average Bonchev–Trinajstić information content (AvgIpc) is 2.24. The third-order valence-corrected chi connectivity index (χ3v) is 3.12. The summed E-state index contributed by atoms with van der Waals surface area (Å²) in [4.78, 5) is 2.12. The van der Waals surface area contributed by atoms with E-state index in [0.29, 0.717) is 6.42 Å². The summed E-state index contributed by atoms with van der Waals surface area (Å²) in [5, 5.41) is 0. The molecule has 82 valence electrons. The fourth-order valence-electron chi connectivity index (χ4n) is 2.13. The van der Waals surface area contributed by atoms with Gasteiger partial charge in [0, 0.05) is 17.9 Å². The van der Waals surface area contributed by atoms with Gasteiger partial charge in [-0.25, -0.2) is 4.39 Å². The zero-order valence-electron chi connectivity index (χ0n) is 8.99. The third kappa shape index (κ3) is 2.06. The summed E-state index contributed by atoms with van der Waals surface area (Å²) < 4.78 is 13.5. The Labute approximate surface area is 89.9 Å². The summed E-state index contributed by atoms with van der Waals surface area (Å²) >= 11 is 0. The second-order valence-corrected chi connectivity index (χ2v) is 4.18. The van der Waals surface area contributed by atoms with Crippen molar-refractivity contribution >= 4 is 11.4 Å². The van der Waals surface area contributed by atoms with Crippen molar-refractivity contribution in [2.45, 2.75) is 32.0 Å². The number of rotatable bonds is 1. The topological polar surface area (TPSA) is 29.3 Å². The third-order valence-electron chi connectivity index (χ3n) is 3.12. The van der Waals surface area contributed by atoms with Crippen LogP contribution in [0.5, 0.6) is 0 Å². The van der Waals surface area contributed by atoms with Crippen molar-refractivity contribution in [3.63, 3.8) is 0 Å². The maximum atomic E-state index is 13.5. The average molecular weight is 208 g/mol. The van der Waals surface area contributed by atoms with Crippen LogP contribution in [-0.4, -0.2) is 18.8 Å². The van der Waals surface area contributed by atoms with E-state index in [1.807, 2.05) is 31.2 Å². The van der Waals surface area contributed by atoms with E-state index < -0.39 is 6.17 Å². The maximum absolute atomic E-state index is 13.5. The van der Waals surface area contributed by atoms with Crippen LogP contribution in [-0.2, 0) is 0 Å². The van der Waals surface area contributed by atoms with Crippen molar-refractivity contribution in [2.24, 2.45) is 0 Å². The summed E-state index contributed by atoms with van der Waals surface area (Å²) in [7, 11) is 0. The van der Waals surface area contributed by atoms with Crippen molar-refractivity contribution < 1.29 is 4.39 Å². The van der Waals surface area contributed by atoms with Gasteiger partial charge in [0.25, 0.3) is 0 Å². The van der Waals surface area contributed by atoms with Crippen molar-refractivity contribution in [1.29, 1.82) is 0 Å². The van der Waals surface area contributed by atoms with E-state index >= 15 is 0 Å². The summed E-state index contributed by atoms with van der Waals surface area (Å²) in [6.45, 7) is 2.88. The molecule has 0 saturated carbocycles. The Hall–Kier alpha value is -1.25. The Morgan fingerprint density at radius 1 is 1.33 bits per heavy atom. The standard InChI is InChI=1S/C12H17FN2/c1-9-12(13)3-2-8-15(9)11-6-4-10(14)5-7-11/h4-7,9,12H,2-3,8,14H2,1H3. The van der Waals surface area contributed by atoms with E-state index in [1.165, 1.54) is 0 Å². The summed E-state index contributed by atoms with van der Waals surface area (Å²) in [5.74, 6) is 0. The molecule has 15 heavy (non-hydrogen) atoms. The normalized spacial score (nSPS) is 26.7. The Morgan fingerprint density at radius 2 is 2.00 bits per heavy atom. The molecular weight excluding hydrogens is 191 g/mol. The number of benzene rings is 1. The second-order valence-electron chi connectivity index (χ2n) is 4.18. The molecule has 1 heterocycles.